The van der Waals surface area contributed by atoms with E-state index in [2.05, 4.69) is 33.2 Å². The molecule has 1 aromatic rings. The molecular weight excluding hydrogens is 401 g/mol. The first-order chi connectivity index (χ1) is 12.6. The summed E-state index contributed by atoms with van der Waals surface area (Å²) in [5.74, 6) is 0.0831. The molecule has 0 saturated carbocycles. The number of nitrogens with zero attached hydrogens (tertiary/aromatic N) is 1. The van der Waals surface area contributed by atoms with Crippen LogP contribution in [-0.4, -0.2) is 56.1 Å². The fraction of sp³-hybridized carbons (Fsp3) is 0.579. The van der Waals surface area contributed by atoms with Gasteiger partial charge in [-0.1, -0.05) is 0 Å². The number of amides is 3. The van der Waals surface area contributed by atoms with Crippen LogP contribution in [0, 0.1) is 5.92 Å². The molecule has 9 heteroatoms. The van der Waals surface area contributed by atoms with Crippen LogP contribution in [0.25, 0.3) is 0 Å². The summed E-state index contributed by atoms with van der Waals surface area (Å²) in [6, 6.07) is 7.31. The van der Waals surface area contributed by atoms with Crippen LogP contribution < -0.4 is 21.3 Å². The molecule has 0 aromatic heterocycles. The lowest BCUT2D eigenvalue weighted by atomic mass is 9.99. The van der Waals surface area contributed by atoms with Crippen LogP contribution in [0.2, 0.25) is 0 Å². The topological polar surface area (TPSA) is 85.5 Å². The highest BCUT2D eigenvalue weighted by atomic mass is 35.5. The highest BCUT2D eigenvalue weighted by Gasteiger charge is 2.21. The lowest BCUT2D eigenvalue weighted by Crippen LogP contribution is -2.44. The summed E-state index contributed by atoms with van der Waals surface area (Å²) in [4.78, 5) is 26.6. The Morgan fingerprint density at radius 1 is 1.00 bits per heavy atom. The van der Waals surface area contributed by atoms with Gasteiger partial charge in [-0.25, -0.2) is 4.79 Å². The number of likely N-dealkylation sites (tertiary alicyclic amines) is 1. The third-order valence-corrected chi connectivity index (χ3v) is 5.13. The summed E-state index contributed by atoms with van der Waals surface area (Å²) in [5.41, 5.74) is 1.47. The maximum atomic E-state index is 12.2. The minimum atomic E-state index is -0.176. The molecule has 158 valence electrons. The largest absolute Gasteiger partial charge is 0.335 e. The fourth-order valence-corrected chi connectivity index (χ4v) is 3.46. The molecule has 28 heavy (non-hydrogen) atoms. The Balaban J connectivity index is 0.00000196. The number of halogens is 2. The van der Waals surface area contributed by atoms with Gasteiger partial charge in [0.2, 0.25) is 5.91 Å². The third-order valence-electron chi connectivity index (χ3n) is 5.13. The predicted molar refractivity (Wildman–Crippen MR) is 118 cm³/mol. The van der Waals surface area contributed by atoms with Crippen molar-refractivity contribution in [1.82, 2.24) is 15.5 Å². The maximum Gasteiger partial charge on any atom is 0.319 e. The molecule has 3 rings (SSSR count). The van der Waals surface area contributed by atoms with E-state index in [1.165, 1.54) is 0 Å². The lowest BCUT2D eigenvalue weighted by Gasteiger charge is -2.29. The zero-order chi connectivity index (χ0) is 18.4. The summed E-state index contributed by atoms with van der Waals surface area (Å²) in [6.45, 7) is 3.75. The van der Waals surface area contributed by atoms with Crippen molar-refractivity contribution in [2.75, 3.05) is 43.9 Å². The van der Waals surface area contributed by atoms with Crippen LogP contribution in [0.1, 0.15) is 25.7 Å². The number of hydrogen-bond acceptors (Lipinski definition) is 4. The molecule has 0 radical (unpaired) electrons. The van der Waals surface area contributed by atoms with Gasteiger partial charge in [0.05, 0.1) is 5.92 Å². The molecule has 0 spiro atoms. The molecule has 7 nitrogen and oxygen atoms in total. The van der Waals surface area contributed by atoms with Crippen molar-refractivity contribution in [3.05, 3.63) is 24.3 Å². The molecule has 3 amide bonds. The number of anilines is 2. The molecule has 2 saturated heterocycles. The van der Waals surface area contributed by atoms with Gasteiger partial charge >= 0.3 is 6.03 Å². The summed E-state index contributed by atoms with van der Waals surface area (Å²) in [6.07, 6.45) is 3.92. The first kappa shape index (κ1) is 24.5. The van der Waals surface area contributed by atoms with Crippen LogP contribution in [0.3, 0.4) is 0 Å². The summed E-state index contributed by atoms with van der Waals surface area (Å²) in [7, 11) is 2.10. The second-order valence-corrected chi connectivity index (χ2v) is 7.29. The van der Waals surface area contributed by atoms with E-state index in [9.17, 15) is 9.59 Å². The minimum absolute atomic E-state index is 0. The van der Waals surface area contributed by atoms with E-state index in [1.54, 1.807) is 0 Å². The van der Waals surface area contributed by atoms with E-state index in [4.69, 9.17) is 0 Å². The van der Waals surface area contributed by atoms with E-state index >= 15 is 0 Å². The Labute approximate surface area is 179 Å². The number of nitrogens with one attached hydrogen (secondary N) is 4. The van der Waals surface area contributed by atoms with E-state index in [0.717, 1.165) is 57.5 Å². The van der Waals surface area contributed by atoms with Crippen LogP contribution in [0.4, 0.5) is 16.2 Å². The molecule has 2 aliphatic heterocycles. The van der Waals surface area contributed by atoms with Crippen molar-refractivity contribution in [1.29, 1.82) is 0 Å². The standard InChI is InChI=1S/C19H29N5O2.2ClH/c1-24-11-8-17(9-12-24)23-19(26)22-16-6-4-15(5-7-16)21-18(25)14-3-2-10-20-13-14;;/h4-7,14,17,20H,2-3,8-13H2,1H3,(H,21,25)(H2,22,23,26);2*1H. The molecule has 0 bridgehead atoms. The minimum Gasteiger partial charge on any atom is -0.335 e. The van der Waals surface area contributed by atoms with E-state index in [0.29, 0.717) is 5.69 Å². The highest BCUT2D eigenvalue weighted by Crippen LogP contribution is 2.17. The Morgan fingerprint density at radius 2 is 1.61 bits per heavy atom. The highest BCUT2D eigenvalue weighted by molar-refractivity contribution is 5.93. The molecule has 2 fully saturated rings. The zero-order valence-corrected chi connectivity index (χ0v) is 17.8. The van der Waals surface area contributed by atoms with Gasteiger partial charge in [0.15, 0.2) is 0 Å². The number of carbonyl (C=O) groups excluding carboxylic acids is 2. The Kier molecular flexibility index (Phi) is 10.6. The average Bonchev–Trinajstić information content (AvgIpc) is 2.66. The number of carbonyl (C=O) groups is 2. The van der Waals surface area contributed by atoms with Gasteiger partial charge < -0.3 is 26.2 Å². The third kappa shape index (κ3) is 7.47. The number of urea groups is 1. The lowest BCUT2D eigenvalue weighted by molar-refractivity contribution is -0.120. The zero-order valence-electron chi connectivity index (χ0n) is 16.2. The van der Waals surface area contributed by atoms with Crippen LogP contribution in [0.5, 0.6) is 0 Å². The van der Waals surface area contributed by atoms with Crippen LogP contribution in [0.15, 0.2) is 24.3 Å². The van der Waals surface area contributed by atoms with Crippen LogP contribution >= 0.6 is 24.8 Å². The quantitative estimate of drug-likeness (QED) is 0.590. The van der Waals surface area contributed by atoms with Crippen molar-refractivity contribution in [2.24, 2.45) is 5.92 Å². The first-order valence-corrected chi connectivity index (χ1v) is 9.48. The molecule has 1 atom stereocenters. The second kappa shape index (κ2) is 12.1. The Morgan fingerprint density at radius 3 is 2.18 bits per heavy atom. The predicted octanol–water partition coefficient (Wildman–Crippen LogP) is 2.68. The monoisotopic (exact) mass is 431 g/mol. The van der Waals surface area contributed by atoms with Crippen molar-refractivity contribution in [3.8, 4) is 0 Å². The van der Waals surface area contributed by atoms with Crippen LogP contribution in [-0.2, 0) is 4.79 Å². The molecular formula is C19H31Cl2N5O2. The number of hydrogen-bond donors (Lipinski definition) is 4. The van der Waals surface area contributed by atoms with Gasteiger partial charge in [-0.05, 0) is 76.6 Å². The number of rotatable bonds is 4. The van der Waals surface area contributed by atoms with Crippen molar-refractivity contribution < 1.29 is 9.59 Å². The number of piperidine rings is 2. The molecule has 2 heterocycles. The average molecular weight is 432 g/mol. The molecule has 0 aliphatic carbocycles. The van der Waals surface area contributed by atoms with Crippen molar-refractivity contribution in [3.63, 3.8) is 0 Å². The molecule has 4 N–H and O–H groups in total. The van der Waals surface area contributed by atoms with Gasteiger partial charge in [-0.15, -0.1) is 24.8 Å². The molecule has 1 unspecified atom stereocenters. The number of benzene rings is 1. The van der Waals surface area contributed by atoms with Crippen molar-refractivity contribution in [2.45, 2.75) is 31.7 Å². The summed E-state index contributed by atoms with van der Waals surface area (Å²) in [5, 5.41) is 12.1. The van der Waals surface area contributed by atoms with E-state index in [1.807, 2.05) is 24.3 Å². The normalized spacial score (nSPS) is 20.2. The smallest absolute Gasteiger partial charge is 0.319 e. The van der Waals surface area contributed by atoms with Gasteiger partial charge in [0.25, 0.3) is 0 Å². The van der Waals surface area contributed by atoms with E-state index < -0.39 is 0 Å². The molecule has 2 aliphatic rings. The van der Waals surface area contributed by atoms with Gasteiger partial charge in [0.1, 0.15) is 0 Å². The second-order valence-electron chi connectivity index (χ2n) is 7.29. The van der Waals surface area contributed by atoms with Gasteiger partial charge in [0, 0.05) is 24.0 Å². The first-order valence-electron chi connectivity index (χ1n) is 9.48. The van der Waals surface area contributed by atoms with Crippen molar-refractivity contribution >= 4 is 48.1 Å². The fourth-order valence-electron chi connectivity index (χ4n) is 3.46. The maximum absolute atomic E-state index is 12.2. The van der Waals surface area contributed by atoms with Gasteiger partial charge in [-0.2, -0.15) is 0 Å². The summed E-state index contributed by atoms with van der Waals surface area (Å²) < 4.78 is 0. The van der Waals surface area contributed by atoms with Gasteiger partial charge in [-0.3, -0.25) is 4.79 Å². The summed E-state index contributed by atoms with van der Waals surface area (Å²) >= 11 is 0. The SMILES string of the molecule is CN1CCC(NC(=O)Nc2ccc(NC(=O)C3CCCNC3)cc2)CC1.Cl.Cl. The Hall–Kier alpha value is -1.54. The Bertz CT molecular complexity index is 615. The van der Waals surface area contributed by atoms with E-state index in [-0.39, 0.29) is 48.7 Å². The molecule has 1 aromatic carbocycles.